The van der Waals surface area contributed by atoms with Gasteiger partial charge >= 0.3 is 0 Å². The van der Waals surface area contributed by atoms with Gasteiger partial charge in [0.05, 0.1) is 7.11 Å². The topological polar surface area (TPSA) is 35.2 Å². The maximum absolute atomic E-state index is 6.88. The lowest BCUT2D eigenvalue weighted by molar-refractivity contribution is 0.322. The van der Waals surface area contributed by atoms with Crippen molar-refractivity contribution in [3.8, 4) is 5.75 Å². The SMILES string of the molecule is CCC1CC2=C3CCc4cc(OC)ccc4[C@]3(C)CC[C@@]2(N)C1. The number of hydrogen-bond donors (Lipinski definition) is 1. The van der Waals surface area contributed by atoms with Crippen molar-refractivity contribution in [1.82, 2.24) is 0 Å². The van der Waals surface area contributed by atoms with Gasteiger partial charge in [-0.2, -0.15) is 0 Å². The molecule has 1 unspecified atom stereocenters. The monoisotopic (exact) mass is 311 g/mol. The van der Waals surface area contributed by atoms with Crippen LogP contribution in [0, 0.1) is 5.92 Å². The fourth-order valence-electron chi connectivity index (χ4n) is 5.55. The lowest BCUT2D eigenvalue weighted by Crippen LogP contribution is -2.47. The molecule has 23 heavy (non-hydrogen) atoms. The van der Waals surface area contributed by atoms with E-state index in [2.05, 4.69) is 32.0 Å². The lowest BCUT2D eigenvalue weighted by Gasteiger charge is -2.48. The maximum Gasteiger partial charge on any atom is 0.119 e. The summed E-state index contributed by atoms with van der Waals surface area (Å²) >= 11 is 0. The number of aryl methyl sites for hydroxylation is 1. The molecule has 1 aromatic carbocycles. The fourth-order valence-corrected chi connectivity index (χ4v) is 5.55. The largest absolute Gasteiger partial charge is 0.497 e. The van der Waals surface area contributed by atoms with E-state index in [1.165, 1.54) is 43.2 Å². The van der Waals surface area contributed by atoms with Crippen molar-refractivity contribution in [3.05, 3.63) is 40.5 Å². The van der Waals surface area contributed by atoms with Crippen molar-refractivity contribution in [2.75, 3.05) is 7.11 Å². The van der Waals surface area contributed by atoms with Gasteiger partial charge in [0, 0.05) is 11.0 Å². The van der Waals surface area contributed by atoms with Crippen LogP contribution in [0.2, 0.25) is 0 Å². The molecule has 2 heteroatoms. The second-order valence-corrected chi connectivity index (χ2v) is 8.15. The summed E-state index contributed by atoms with van der Waals surface area (Å²) in [7, 11) is 1.76. The number of nitrogens with two attached hydrogens (primary N) is 1. The molecule has 0 radical (unpaired) electrons. The average molecular weight is 311 g/mol. The Morgan fingerprint density at radius 1 is 1.22 bits per heavy atom. The summed E-state index contributed by atoms with van der Waals surface area (Å²) in [6.45, 7) is 4.77. The summed E-state index contributed by atoms with van der Waals surface area (Å²) in [4.78, 5) is 0. The van der Waals surface area contributed by atoms with Crippen LogP contribution >= 0.6 is 0 Å². The molecule has 3 aliphatic rings. The van der Waals surface area contributed by atoms with Crippen molar-refractivity contribution in [3.63, 3.8) is 0 Å². The highest BCUT2D eigenvalue weighted by Gasteiger charge is 2.50. The van der Waals surface area contributed by atoms with Gasteiger partial charge < -0.3 is 10.5 Å². The van der Waals surface area contributed by atoms with Crippen LogP contribution in [0.1, 0.15) is 63.5 Å². The minimum Gasteiger partial charge on any atom is -0.497 e. The third-order valence-corrected chi connectivity index (χ3v) is 6.98. The quantitative estimate of drug-likeness (QED) is 0.816. The molecule has 3 aliphatic carbocycles. The Kier molecular flexibility index (Phi) is 3.39. The fraction of sp³-hybridized carbons (Fsp3) is 0.619. The first-order chi connectivity index (χ1) is 11.0. The molecule has 1 aromatic rings. The standard InChI is InChI=1S/C21H29NO/c1-4-14-11-19-18-7-5-15-12-16(23-3)6-8-17(15)20(18,2)9-10-21(19,22)13-14/h6,8,12,14H,4-5,7,9-11,13,22H2,1-3H3/t14?,20-,21+/m0/s1. The van der Waals surface area contributed by atoms with Gasteiger partial charge in [0.2, 0.25) is 0 Å². The van der Waals surface area contributed by atoms with Crippen LogP contribution in [0.5, 0.6) is 5.75 Å². The molecule has 1 saturated carbocycles. The summed E-state index contributed by atoms with van der Waals surface area (Å²) in [5.74, 6) is 1.78. The van der Waals surface area contributed by atoms with Crippen molar-refractivity contribution < 1.29 is 4.74 Å². The first-order valence-corrected chi connectivity index (χ1v) is 9.19. The second-order valence-electron chi connectivity index (χ2n) is 8.15. The molecule has 3 atom stereocenters. The number of rotatable bonds is 2. The number of benzene rings is 1. The normalized spacial score (nSPS) is 35.6. The van der Waals surface area contributed by atoms with Crippen LogP contribution < -0.4 is 10.5 Å². The second kappa shape index (κ2) is 5.11. The Labute approximate surface area is 140 Å². The van der Waals surface area contributed by atoms with Crippen molar-refractivity contribution in [2.24, 2.45) is 11.7 Å². The molecular formula is C21H29NO. The lowest BCUT2D eigenvalue weighted by atomic mass is 9.58. The van der Waals surface area contributed by atoms with E-state index in [0.717, 1.165) is 24.5 Å². The summed E-state index contributed by atoms with van der Waals surface area (Å²) in [5, 5.41) is 0. The Balaban J connectivity index is 1.83. The molecule has 2 nitrogen and oxygen atoms in total. The highest BCUT2D eigenvalue weighted by atomic mass is 16.5. The van der Waals surface area contributed by atoms with Crippen LogP contribution in [0.15, 0.2) is 29.3 Å². The number of allylic oxidation sites excluding steroid dienone is 1. The third-order valence-electron chi connectivity index (χ3n) is 6.98. The van der Waals surface area contributed by atoms with E-state index in [4.69, 9.17) is 10.5 Å². The van der Waals surface area contributed by atoms with E-state index in [9.17, 15) is 0 Å². The molecule has 0 amide bonds. The number of hydrogen-bond acceptors (Lipinski definition) is 2. The van der Waals surface area contributed by atoms with Gasteiger partial charge in [-0.3, -0.25) is 0 Å². The van der Waals surface area contributed by atoms with Gasteiger partial charge in [-0.1, -0.05) is 37.5 Å². The zero-order chi connectivity index (χ0) is 16.2. The molecule has 0 saturated heterocycles. The van der Waals surface area contributed by atoms with Crippen molar-refractivity contribution >= 4 is 0 Å². The highest BCUT2D eigenvalue weighted by Crippen LogP contribution is 2.57. The van der Waals surface area contributed by atoms with E-state index < -0.39 is 0 Å². The molecule has 0 bridgehead atoms. The first kappa shape index (κ1) is 15.3. The summed E-state index contributed by atoms with van der Waals surface area (Å²) in [6, 6.07) is 6.69. The number of ether oxygens (including phenoxy) is 1. The van der Waals surface area contributed by atoms with E-state index in [1.807, 2.05) is 0 Å². The van der Waals surface area contributed by atoms with Gasteiger partial charge in [-0.25, -0.2) is 0 Å². The van der Waals surface area contributed by atoms with E-state index in [0.29, 0.717) is 0 Å². The molecule has 4 rings (SSSR count). The van der Waals surface area contributed by atoms with Crippen molar-refractivity contribution in [2.45, 2.75) is 69.7 Å². The Bertz CT molecular complexity index is 676. The van der Waals surface area contributed by atoms with Crippen LogP contribution in [0.3, 0.4) is 0 Å². The van der Waals surface area contributed by atoms with Crippen LogP contribution in [-0.4, -0.2) is 12.6 Å². The van der Waals surface area contributed by atoms with Gasteiger partial charge in [-0.15, -0.1) is 0 Å². The molecule has 0 aromatic heterocycles. The van der Waals surface area contributed by atoms with Gasteiger partial charge in [0.15, 0.2) is 0 Å². The zero-order valence-electron chi connectivity index (χ0n) is 14.7. The number of methoxy groups -OCH3 is 1. The molecule has 0 spiro atoms. The Morgan fingerprint density at radius 3 is 2.78 bits per heavy atom. The van der Waals surface area contributed by atoms with Crippen molar-refractivity contribution in [1.29, 1.82) is 0 Å². The van der Waals surface area contributed by atoms with Gasteiger partial charge in [0.1, 0.15) is 5.75 Å². The molecule has 2 N–H and O–H groups in total. The zero-order valence-corrected chi connectivity index (χ0v) is 14.7. The summed E-state index contributed by atoms with van der Waals surface area (Å²) < 4.78 is 5.43. The molecule has 0 aliphatic heterocycles. The van der Waals surface area contributed by atoms with E-state index in [-0.39, 0.29) is 11.0 Å². The summed E-state index contributed by atoms with van der Waals surface area (Å²) in [6.07, 6.45) is 8.36. The van der Waals surface area contributed by atoms with Crippen LogP contribution in [0.4, 0.5) is 0 Å². The predicted octanol–water partition coefficient (Wildman–Crippen LogP) is 4.51. The van der Waals surface area contributed by atoms with Crippen LogP contribution in [-0.2, 0) is 11.8 Å². The third kappa shape index (κ3) is 2.11. The Hall–Kier alpha value is -1.28. The van der Waals surface area contributed by atoms with E-state index in [1.54, 1.807) is 18.3 Å². The molecule has 0 heterocycles. The highest BCUT2D eigenvalue weighted by molar-refractivity contribution is 5.53. The van der Waals surface area contributed by atoms with Gasteiger partial charge in [-0.05, 0) is 67.7 Å². The smallest absolute Gasteiger partial charge is 0.119 e. The molecule has 1 fully saturated rings. The minimum atomic E-state index is -0.000502. The van der Waals surface area contributed by atoms with Crippen LogP contribution in [0.25, 0.3) is 0 Å². The Morgan fingerprint density at radius 2 is 2.04 bits per heavy atom. The maximum atomic E-state index is 6.88. The summed E-state index contributed by atoms with van der Waals surface area (Å²) in [5.41, 5.74) is 13.4. The first-order valence-electron chi connectivity index (χ1n) is 9.19. The molecule has 124 valence electrons. The molecular weight excluding hydrogens is 282 g/mol. The minimum absolute atomic E-state index is 0.000502. The average Bonchev–Trinajstić information content (AvgIpc) is 2.91. The number of fused-ring (bicyclic) bond motifs is 4. The predicted molar refractivity (Wildman–Crippen MR) is 94.9 cm³/mol. The van der Waals surface area contributed by atoms with E-state index >= 15 is 0 Å². The van der Waals surface area contributed by atoms with Gasteiger partial charge in [0.25, 0.3) is 0 Å².